The quantitative estimate of drug-likeness (QED) is 0.592. The van der Waals surface area contributed by atoms with Gasteiger partial charge in [-0.25, -0.2) is 4.98 Å². The minimum Gasteiger partial charge on any atom is -0.405 e. The first kappa shape index (κ1) is 6.61. The van der Waals surface area contributed by atoms with Crippen LogP contribution in [0.3, 0.4) is 0 Å². The largest absolute Gasteiger partial charge is 0.405 e. The molecule has 10 heavy (non-hydrogen) atoms. The van der Waals surface area contributed by atoms with Crippen molar-refractivity contribution in [1.82, 2.24) is 4.98 Å². The Balaban J connectivity index is 3.03. The van der Waals surface area contributed by atoms with Crippen LogP contribution in [-0.4, -0.2) is 4.98 Å². The van der Waals surface area contributed by atoms with Crippen molar-refractivity contribution in [2.24, 2.45) is 5.73 Å². The lowest BCUT2D eigenvalue weighted by molar-refractivity contribution is 1.32. The van der Waals surface area contributed by atoms with Gasteiger partial charge >= 0.3 is 0 Å². The van der Waals surface area contributed by atoms with Gasteiger partial charge in [0.2, 0.25) is 0 Å². The van der Waals surface area contributed by atoms with E-state index in [4.69, 9.17) is 11.5 Å². The molecule has 0 aromatic carbocycles. The molecule has 0 atom stereocenters. The maximum atomic E-state index is 5.49. The Hall–Kier alpha value is -1.51. The molecule has 0 radical (unpaired) electrons. The van der Waals surface area contributed by atoms with E-state index in [1.165, 1.54) is 6.20 Å². The van der Waals surface area contributed by atoms with E-state index in [0.29, 0.717) is 5.82 Å². The molecule has 1 rings (SSSR count). The molecule has 0 bridgehead atoms. The van der Waals surface area contributed by atoms with Gasteiger partial charge in [-0.3, -0.25) is 0 Å². The van der Waals surface area contributed by atoms with E-state index in [9.17, 15) is 0 Å². The number of nitrogen functional groups attached to an aromatic ring is 1. The Morgan fingerprint density at radius 1 is 1.50 bits per heavy atom. The lowest BCUT2D eigenvalue weighted by atomic mass is 10.2. The van der Waals surface area contributed by atoms with Crippen molar-refractivity contribution in [2.45, 2.75) is 0 Å². The van der Waals surface area contributed by atoms with E-state index >= 15 is 0 Å². The van der Waals surface area contributed by atoms with Crippen molar-refractivity contribution in [1.29, 1.82) is 0 Å². The monoisotopic (exact) mass is 135 g/mol. The van der Waals surface area contributed by atoms with Crippen LogP contribution in [0.5, 0.6) is 0 Å². The maximum Gasteiger partial charge on any atom is 0.130 e. The van der Waals surface area contributed by atoms with Gasteiger partial charge in [0.15, 0.2) is 0 Å². The average Bonchev–Trinajstić information content (AvgIpc) is 1.94. The SMILES string of the molecule is N/C=C\c1cccnc1N. The van der Waals surface area contributed by atoms with Crippen molar-refractivity contribution in [2.75, 3.05) is 5.73 Å². The third-order valence-electron chi connectivity index (χ3n) is 1.15. The molecule has 52 valence electrons. The lowest BCUT2D eigenvalue weighted by Crippen LogP contribution is -1.92. The summed E-state index contributed by atoms with van der Waals surface area (Å²) in [6.07, 6.45) is 4.79. The first-order valence-corrected chi connectivity index (χ1v) is 2.93. The van der Waals surface area contributed by atoms with Crippen molar-refractivity contribution in [3.8, 4) is 0 Å². The molecule has 0 saturated carbocycles. The summed E-state index contributed by atoms with van der Waals surface area (Å²) < 4.78 is 0. The molecule has 0 spiro atoms. The highest BCUT2D eigenvalue weighted by atomic mass is 14.8. The van der Waals surface area contributed by atoms with Crippen LogP contribution < -0.4 is 11.5 Å². The summed E-state index contributed by atoms with van der Waals surface area (Å²) >= 11 is 0. The minimum atomic E-state index is 0.504. The number of aromatic nitrogens is 1. The highest BCUT2D eigenvalue weighted by molar-refractivity contribution is 5.59. The summed E-state index contributed by atoms with van der Waals surface area (Å²) in [5, 5.41) is 0. The molecule has 1 aromatic heterocycles. The molecule has 1 heterocycles. The highest BCUT2D eigenvalue weighted by Gasteiger charge is 1.90. The fourth-order valence-electron chi connectivity index (χ4n) is 0.675. The number of pyridine rings is 1. The fraction of sp³-hybridized carbons (Fsp3) is 0. The molecule has 0 unspecified atom stereocenters. The number of nitrogens with two attached hydrogens (primary N) is 2. The molecule has 0 aliphatic carbocycles. The summed E-state index contributed by atoms with van der Waals surface area (Å²) in [6.45, 7) is 0. The van der Waals surface area contributed by atoms with Crippen molar-refractivity contribution < 1.29 is 0 Å². The smallest absolute Gasteiger partial charge is 0.130 e. The van der Waals surface area contributed by atoms with Gasteiger partial charge in [-0.2, -0.15) is 0 Å². The number of nitrogens with zero attached hydrogens (tertiary/aromatic N) is 1. The zero-order valence-electron chi connectivity index (χ0n) is 5.49. The molecule has 3 nitrogen and oxygen atoms in total. The van der Waals surface area contributed by atoms with Gasteiger partial charge in [0, 0.05) is 11.8 Å². The van der Waals surface area contributed by atoms with Gasteiger partial charge < -0.3 is 11.5 Å². The van der Waals surface area contributed by atoms with Gasteiger partial charge in [-0.15, -0.1) is 0 Å². The minimum absolute atomic E-state index is 0.504. The van der Waals surface area contributed by atoms with Crippen molar-refractivity contribution in [3.63, 3.8) is 0 Å². The highest BCUT2D eigenvalue weighted by Crippen LogP contribution is 2.07. The number of hydrogen-bond donors (Lipinski definition) is 2. The van der Waals surface area contributed by atoms with Crippen LogP contribution in [0.25, 0.3) is 6.08 Å². The van der Waals surface area contributed by atoms with Crippen LogP contribution in [0.4, 0.5) is 5.82 Å². The predicted molar refractivity (Wildman–Crippen MR) is 41.9 cm³/mol. The van der Waals surface area contributed by atoms with Crippen molar-refractivity contribution in [3.05, 3.63) is 30.1 Å². The third kappa shape index (κ3) is 1.25. The van der Waals surface area contributed by atoms with E-state index in [2.05, 4.69) is 4.98 Å². The first-order valence-electron chi connectivity index (χ1n) is 2.93. The molecule has 3 heteroatoms. The number of anilines is 1. The molecule has 4 N–H and O–H groups in total. The average molecular weight is 135 g/mol. The van der Waals surface area contributed by atoms with Crippen LogP contribution in [0, 0.1) is 0 Å². The summed E-state index contributed by atoms with van der Waals surface area (Å²) in [7, 11) is 0. The van der Waals surface area contributed by atoms with Crippen LogP contribution in [0.15, 0.2) is 24.5 Å². The zero-order chi connectivity index (χ0) is 7.40. The molecule has 0 saturated heterocycles. The Bertz CT molecular complexity index is 242. The van der Waals surface area contributed by atoms with E-state index in [-0.39, 0.29) is 0 Å². The molecule has 0 aliphatic heterocycles. The van der Waals surface area contributed by atoms with E-state index in [1.807, 2.05) is 12.1 Å². The summed E-state index contributed by atoms with van der Waals surface area (Å²) in [4.78, 5) is 3.87. The summed E-state index contributed by atoms with van der Waals surface area (Å²) in [5.74, 6) is 0.504. The van der Waals surface area contributed by atoms with Gasteiger partial charge in [0.25, 0.3) is 0 Å². The van der Waals surface area contributed by atoms with E-state index in [0.717, 1.165) is 5.56 Å². The van der Waals surface area contributed by atoms with E-state index in [1.54, 1.807) is 12.3 Å². The topological polar surface area (TPSA) is 64.9 Å². The maximum absolute atomic E-state index is 5.49. The van der Waals surface area contributed by atoms with Gasteiger partial charge in [0.1, 0.15) is 5.82 Å². The second kappa shape index (κ2) is 2.87. The first-order chi connectivity index (χ1) is 4.84. The Morgan fingerprint density at radius 3 is 2.90 bits per heavy atom. The van der Waals surface area contributed by atoms with Crippen LogP contribution in [0.1, 0.15) is 5.56 Å². The molecule has 0 amide bonds. The van der Waals surface area contributed by atoms with Crippen LogP contribution >= 0.6 is 0 Å². The lowest BCUT2D eigenvalue weighted by Gasteiger charge is -1.94. The summed E-state index contributed by atoms with van der Waals surface area (Å²) in [5.41, 5.74) is 11.5. The summed E-state index contributed by atoms with van der Waals surface area (Å²) in [6, 6.07) is 3.66. The Labute approximate surface area is 59.4 Å². The zero-order valence-corrected chi connectivity index (χ0v) is 5.49. The standard InChI is InChI=1S/C7H9N3/c8-4-3-6-2-1-5-10-7(6)9/h1-5H,8H2,(H2,9,10)/b4-3-. The molecule has 0 aliphatic rings. The van der Waals surface area contributed by atoms with Crippen molar-refractivity contribution >= 4 is 11.9 Å². The molecular formula is C7H9N3. The molecular weight excluding hydrogens is 126 g/mol. The fourth-order valence-corrected chi connectivity index (χ4v) is 0.675. The van der Waals surface area contributed by atoms with Gasteiger partial charge in [-0.1, -0.05) is 0 Å². The number of rotatable bonds is 1. The Kier molecular flexibility index (Phi) is 1.89. The normalized spacial score (nSPS) is 10.4. The third-order valence-corrected chi connectivity index (χ3v) is 1.15. The predicted octanol–water partition coefficient (Wildman–Crippen LogP) is 0.593. The second-order valence-electron chi connectivity index (χ2n) is 1.84. The van der Waals surface area contributed by atoms with Crippen LogP contribution in [0.2, 0.25) is 0 Å². The number of hydrogen-bond acceptors (Lipinski definition) is 3. The molecule has 0 fully saturated rings. The second-order valence-corrected chi connectivity index (χ2v) is 1.84. The Morgan fingerprint density at radius 2 is 2.30 bits per heavy atom. The van der Waals surface area contributed by atoms with Gasteiger partial charge in [-0.05, 0) is 24.4 Å². The van der Waals surface area contributed by atoms with E-state index < -0.39 is 0 Å². The molecule has 1 aromatic rings. The van der Waals surface area contributed by atoms with Crippen LogP contribution in [-0.2, 0) is 0 Å². The van der Waals surface area contributed by atoms with Gasteiger partial charge in [0.05, 0.1) is 0 Å².